The van der Waals surface area contributed by atoms with Crippen molar-refractivity contribution in [3.8, 4) is 11.1 Å². The second kappa shape index (κ2) is 8.21. The van der Waals surface area contributed by atoms with E-state index in [0.29, 0.717) is 0 Å². The van der Waals surface area contributed by atoms with Crippen LogP contribution in [0, 0.1) is 5.82 Å². The summed E-state index contributed by atoms with van der Waals surface area (Å²) in [7, 11) is 1.25. The lowest BCUT2D eigenvalue weighted by molar-refractivity contribution is -0.142. The molecular formula is C23H22FNO3. The smallest absolute Gasteiger partial charge is 0.313 e. The highest BCUT2D eigenvalue weighted by Crippen LogP contribution is 2.37. The van der Waals surface area contributed by atoms with E-state index in [0.717, 1.165) is 27.7 Å². The quantitative estimate of drug-likeness (QED) is 0.337. The zero-order valence-electron chi connectivity index (χ0n) is 16.1. The number of para-hydroxylation sites is 1. The van der Waals surface area contributed by atoms with Crippen LogP contribution in [0.2, 0.25) is 0 Å². The van der Waals surface area contributed by atoms with E-state index in [1.54, 1.807) is 18.2 Å². The van der Waals surface area contributed by atoms with Gasteiger partial charge in [0.15, 0.2) is 5.78 Å². The predicted molar refractivity (Wildman–Crippen MR) is 108 cm³/mol. The average Bonchev–Trinajstić information content (AvgIpc) is 3.01. The number of fused-ring (bicyclic) bond motifs is 1. The first-order chi connectivity index (χ1) is 13.4. The number of ether oxygens (including phenoxy) is 1. The molecule has 0 spiro atoms. The fourth-order valence-electron chi connectivity index (χ4n) is 3.37. The van der Waals surface area contributed by atoms with Crippen molar-refractivity contribution in [3.05, 3.63) is 66.1 Å². The minimum Gasteiger partial charge on any atom is -0.469 e. The first kappa shape index (κ1) is 19.5. The van der Waals surface area contributed by atoms with Crippen molar-refractivity contribution < 1.29 is 18.7 Å². The van der Waals surface area contributed by atoms with Gasteiger partial charge in [-0.2, -0.15) is 0 Å². The Labute approximate surface area is 163 Å². The summed E-state index contributed by atoms with van der Waals surface area (Å²) in [6, 6.07) is 14.4. The number of carbonyl (C=O) groups excluding carboxylic acids is 2. The fourth-order valence-corrected chi connectivity index (χ4v) is 3.37. The lowest BCUT2D eigenvalue weighted by Crippen LogP contribution is -2.07. The Morgan fingerprint density at radius 2 is 1.79 bits per heavy atom. The normalized spacial score (nSPS) is 11.5. The van der Waals surface area contributed by atoms with Gasteiger partial charge >= 0.3 is 5.97 Å². The van der Waals surface area contributed by atoms with Crippen LogP contribution in [0.25, 0.3) is 28.1 Å². The minimum absolute atomic E-state index is 0.134. The van der Waals surface area contributed by atoms with Gasteiger partial charge in [-0.25, -0.2) is 4.39 Å². The number of nitrogens with zero attached hydrogens (tertiary/aromatic N) is 1. The maximum Gasteiger partial charge on any atom is 0.313 e. The number of benzene rings is 2. The molecule has 0 fully saturated rings. The van der Waals surface area contributed by atoms with E-state index in [1.165, 1.54) is 25.3 Å². The van der Waals surface area contributed by atoms with Crippen molar-refractivity contribution in [2.75, 3.05) is 7.11 Å². The largest absolute Gasteiger partial charge is 0.469 e. The molecule has 0 aliphatic heterocycles. The van der Waals surface area contributed by atoms with Gasteiger partial charge in [0.25, 0.3) is 0 Å². The molecule has 0 aliphatic rings. The van der Waals surface area contributed by atoms with Crippen LogP contribution in [0.5, 0.6) is 0 Å². The molecule has 0 aliphatic carbocycles. The number of ketones is 1. The molecule has 3 rings (SSSR count). The monoisotopic (exact) mass is 379 g/mol. The molecule has 144 valence electrons. The second-order valence-electron chi connectivity index (χ2n) is 6.80. The van der Waals surface area contributed by atoms with Crippen LogP contribution in [0.4, 0.5) is 4.39 Å². The number of hydrogen-bond acceptors (Lipinski definition) is 3. The maximum atomic E-state index is 13.5. The Bertz CT molecular complexity index is 1050. The van der Waals surface area contributed by atoms with E-state index in [2.05, 4.69) is 23.2 Å². The van der Waals surface area contributed by atoms with Gasteiger partial charge in [-0.05, 0) is 49.8 Å². The standard InChI is InChI=1S/C23H22FNO3/c1-15(2)25-20-7-5-4-6-19(20)23(16-8-10-17(24)11-9-16)21(25)13-12-18(26)14-22(27)28-3/h4-13,15H,14H2,1-3H3. The molecule has 4 nitrogen and oxygen atoms in total. The van der Waals surface area contributed by atoms with E-state index < -0.39 is 5.97 Å². The molecule has 0 atom stereocenters. The first-order valence-corrected chi connectivity index (χ1v) is 9.09. The van der Waals surface area contributed by atoms with E-state index in [4.69, 9.17) is 0 Å². The van der Waals surface area contributed by atoms with Gasteiger partial charge in [0, 0.05) is 22.5 Å². The summed E-state index contributed by atoms with van der Waals surface area (Å²) in [5.41, 5.74) is 3.64. The third-order valence-corrected chi connectivity index (χ3v) is 4.57. The number of aromatic nitrogens is 1. The van der Waals surface area contributed by atoms with Gasteiger partial charge in [0.2, 0.25) is 0 Å². The van der Waals surface area contributed by atoms with Gasteiger partial charge in [-0.15, -0.1) is 0 Å². The molecule has 0 N–H and O–H groups in total. The van der Waals surface area contributed by atoms with Crippen molar-refractivity contribution in [2.45, 2.75) is 26.3 Å². The molecule has 0 amide bonds. The van der Waals surface area contributed by atoms with Crippen molar-refractivity contribution in [1.29, 1.82) is 0 Å². The molecule has 0 radical (unpaired) electrons. The Morgan fingerprint density at radius 3 is 2.43 bits per heavy atom. The lowest BCUT2D eigenvalue weighted by atomic mass is 10.0. The highest BCUT2D eigenvalue weighted by atomic mass is 19.1. The number of esters is 1. The van der Waals surface area contributed by atoms with Crippen LogP contribution in [0.3, 0.4) is 0 Å². The topological polar surface area (TPSA) is 48.3 Å². The summed E-state index contributed by atoms with van der Waals surface area (Å²) < 4.78 is 20.1. The molecule has 5 heteroatoms. The number of hydrogen-bond donors (Lipinski definition) is 0. The van der Waals surface area contributed by atoms with Crippen molar-refractivity contribution in [2.24, 2.45) is 0 Å². The Balaban J connectivity index is 2.20. The SMILES string of the molecule is COC(=O)CC(=O)C=Cc1c(-c2ccc(F)cc2)c2ccccc2n1C(C)C. The van der Waals surface area contributed by atoms with Gasteiger partial charge in [-0.3, -0.25) is 9.59 Å². The zero-order chi connectivity index (χ0) is 20.3. The molecule has 1 heterocycles. The van der Waals surface area contributed by atoms with Crippen molar-refractivity contribution in [1.82, 2.24) is 4.57 Å². The number of allylic oxidation sites excluding steroid dienone is 1. The number of carbonyl (C=O) groups is 2. The van der Waals surface area contributed by atoms with Gasteiger partial charge < -0.3 is 9.30 Å². The second-order valence-corrected chi connectivity index (χ2v) is 6.80. The lowest BCUT2D eigenvalue weighted by Gasteiger charge is -2.13. The maximum absolute atomic E-state index is 13.5. The Kier molecular flexibility index (Phi) is 5.73. The molecular weight excluding hydrogens is 357 g/mol. The molecule has 1 aromatic heterocycles. The summed E-state index contributed by atoms with van der Waals surface area (Å²) in [5, 5.41) is 1.02. The molecule has 0 saturated heterocycles. The van der Waals surface area contributed by atoms with E-state index in [-0.39, 0.29) is 24.1 Å². The van der Waals surface area contributed by atoms with Crippen LogP contribution in [-0.4, -0.2) is 23.4 Å². The predicted octanol–water partition coefficient (Wildman–Crippen LogP) is 5.17. The molecule has 28 heavy (non-hydrogen) atoms. The van der Waals surface area contributed by atoms with Crippen molar-refractivity contribution >= 4 is 28.7 Å². The van der Waals surface area contributed by atoms with Gasteiger partial charge in [0.1, 0.15) is 12.2 Å². The summed E-state index contributed by atoms with van der Waals surface area (Å²) in [6.45, 7) is 4.13. The van der Waals surface area contributed by atoms with Crippen LogP contribution in [-0.2, 0) is 14.3 Å². The molecule has 2 aromatic carbocycles. The molecule has 0 unspecified atom stereocenters. The number of methoxy groups -OCH3 is 1. The third-order valence-electron chi connectivity index (χ3n) is 4.57. The summed E-state index contributed by atoms with van der Waals surface area (Å²) in [6.07, 6.45) is 2.82. The third kappa shape index (κ3) is 3.88. The van der Waals surface area contributed by atoms with Gasteiger partial charge in [-0.1, -0.05) is 30.3 Å². The first-order valence-electron chi connectivity index (χ1n) is 9.09. The zero-order valence-corrected chi connectivity index (χ0v) is 16.1. The minimum atomic E-state index is -0.571. The van der Waals surface area contributed by atoms with E-state index in [9.17, 15) is 14.0 Å². The van der Waals surface area contributed by atoms with Crippen LogP contribution in [0.1, 0.15) is 32.0 Å². The molecule has 0 saturated carbocycles. The van der Waals surface area contributed by atoms with Crippen LogP contribution < -0.4 is 0 Å². The Hall–Kier alpha value is -3.21. The highest BCUT2D eigenvalue weighted by Gasteiger charge is 2.19. The average molecular weight is 379 g/mol. The van der Waals surface area contributed by atoms with Crippen LogP contribution in [0.15, 0.2) is 54.6 Å². The van der Waals surface area contributed by atoms with E-state index in [1.807, 2.05) is 24.3 Å². The number of halogens is 1. The number of rotatable bonds is 6. The Morgan fingerprint density at radius 1 is 1.11 bits per heavy atom. The van der Waals surface area contributed by atoms with Crippen molar-refractivity contribution in [3.63, 3.8) is 0 Å². The summed E-state index contributed by atoms with van der Waals surface area (Å²) in [4.78, 5) is 23.5. The fraction of sp³-hybridized carbons (Fsp3) is 0.217. The molecule has 0 bridgehead atoms. The summed E-state index contributed by atoms with van der Waals surface area (Å²) >= 11 is 0. The highest BCUT2D eigenvalue weighted by molar-refractivity contribution is 6.06. The van der Waals surface area contributed by atoms with E-state index >= 15 is 0 Å². The van der Waals surface area contributed by atoms with Gasteiger partial charge in [0.05, 0.1) is 12.8 Å². The summed E-state index contributed by atoms with van der Waals surface area (Å²) in [5.74, 6) is -1.21. The molecule has 3 aromatic rings. The van der Waals surface area contributed by atoms with Crippen LogP contribution >= 0.6 is 0 Å².